The number of nitrogens with zero attached hydrogens (tertiary/aromatic N) is 3. The van der Waals surface area contributed by atoms with Crippen molar-refractivity contribution >= 4 is 5.91 Å². The fraction of sp³-hybridized carbons (Fsp3) is 0.778. The summed E-state index contributed by atoms with van der Waals surface area (Å²) in [5.74, 6) is 1.02. The predicted molar refractivity (Wildman–Crippen MR) is 56.2 cm³/mol. The molecule has 0 radical (unpaired) electrons. The van der Waals surface area contributed by atoms with Crippen molar-refractivity contribution in [1.82, 2.24) is 31.3 Å². The maximum Gasteiger partial charge on any atom is 0.220 e. The molecule has 1 aliphatic heterocycles. The van der Waals surface area contributed by atoms with Crippen LogP contribution in [0.5, 0.6) is 0 Å². The molecule has 1 atom stereocenters. The zero-order valence-electron chi connectivity index (χ0n) is 9.07. The second-order valence-electron chi connectivity index (χ2n) is 4.02. The minimum atomic E-state index is 0.0542. The van der Waals surface area contributed by atoms with E-state index in [1.165, 1.54) is 0 Å². The molecular weight excluding hydrogens is 208 g/mol. The van der Waals surface area contributed by atoms with Gasteiger partial charge in [0, 0.05) is 6.42 Å². The van der Waals surface area contributed by atoms with Crippen molar-refractivity contribution in [3.05, 3.63) is 5.82 Å². The summed E-state index contributed by atoms with van der Waals surface area (Å²) in [6.45, 7) is 2.35. The molecule has 7 heteroatoms. The van der Waals surface area contributed by atoms with Crippen LogP contribution in [0.2, 0.25) is 0 Å². The van der Waals surface area contributed by atoms with Gasteiger partial charge in [0.1, 0.15) is 0 Å². The van der Waals surface area contributed by atoms with Crippen molar-refractivity contribution < 1.29 is 4.79 Å². The zero-order valence-corrected chi connectivity index (χ0v) is 9.07. The molecule has 1 aliphatic rings. The second-order valence-corrected chi connectivity index (χ2v) is 4.02. The van der Waals surface area contributed by atoms with Gasteiger partial charge < -0.3 is 10.6 Å². The number of hydrogen-bond donors (Lipinski definition) is 3. The van der Waals surface area contributed by atoms with Crippen LogP contribution in [0, 0.1) is 5.92 Å². The fourth-order valence-corrected chi connectivity index (χ4v) is 1.87. The Labute approximate surface area is 93.4 Å². The van der Waals surface area contributed by atoms with Gasteiger partial charge in [0.15, 0.2) is 5.82 Å². The molecule has 3 N–H and O–H groups in total. The summed E-state index contributed by atoms with van der Waals surface area (Å²) in [6.07, 6.45) is 2.86. The average molecular weight is 224 g/mol. The molecule has 0 bridgehead atoms. The quantitative estimate of drug-likeness (QED) is 0.622. The Bertz CT molecular complexity index is 319. The van der Waals surface area contributed by atoms with E-state index in [1.807, 2.05) is 0 Å². The number of rotatable bonds is 4. The first-order chi connectivity index (χ1) is 7.84. The number of carbonyl (C=O) groups excluding carboxylic acids is 1. The predicted octanol–water partition coefficient (Wildman–Crippen LogP) is -0.794. The van der Waals surface area contributed by atoms with Crippen LogP contribution in [-0.4, -0.2) is 39.6 Å². The summed E-state index contributed by atoms with van der Waals surface area (Å²) in [7, 11) is 0. The number of hydrogen-bond acceptors (Lipinski definition) is 5. The highest BCUT2D eigenvalue weighted by Gasteiger charge is 2.16. The second kappa shape index (κ2) is 5.55. The lowest BCUT2D eigenvalue weighted by molar-refractivity contribution is -0.122. The van der Waals surface area contributed by atoms with E-state index < -0.39 is 0 Å². The number of tetrazole rings is 1. The van der Waals surface area contributed by atoms with E-state index in [0.717, 1.165) is 25.9 Å². The van der Waals surface area contributed by atoms with Crippen molar-refractivity contribution in [2.24, 2.45) is 5.92 Å². The van der Waals surface area contributed by atoms with Gasteiger partial charge in [-0.1, -0.05) is 5.21 Å². The Morgan fingerprint density at radius 2 is 2.50 bits per heavy atom. The molecule has 0 aliphatic carbocycles. The molecule has 16 heavy (non-hydrogen) atoms. The van der Waals surface area contributed by atoms with Crippen LogP contribution < -0.4 is 10.6 Å². The fourth-order valence-electron chi connectivity index (χ4n) is 1.87. The van der Waals surface area contributed by atoms with Gasteiger partial charge >= 0.3 is 0 Å². The van der Waals surface area contributed by atoms with Gasteiger partial charge in [0.05, 0.1) is 6.54 Å². The van der Waals surface area contributed by atoms with E-state index in [9.17, 15) is 4.79 Å². The van der Waals surface area contributed by atoms with Gasteiger partial charge in [-0.15, -0.1) is 10.2 Å². The third-order valence-corrected chi connectivity index (χ3v) is 2.71. The number of nitrogens with one attached hydrogen (secondary N) is 3. The summed E-state index contributed by atoms with van der Waals surface area (Å²) < 4.78 is 0. The Morgan fingerprint density at radius 1 is 1.56 bits per heavy atom. The van der Waals surface area contributed by atoms with Gasteiger partial charge in [0.2, 0.25) is 5.91 Å². The Hall–Kier alpha value is -1.50. The van der Waals surface area contributed by atoms with E-state index in [0.29, 0.717) is 24.7 Å². The molecule has 2 rings (SSSR count). The minimum absolute atomic E-state index is 0.0542. The van der Waals surface area contributed by atoms with E-state index >= 15 is 0 Å². The third-order valence-electron chi connectivity index (χ3n) is 2.71. The SMILES string of the molecule is O=C(CC1CCCNC1)NCc1nn[nH]n1. The Kier molecular flexibility index (Phi) is 3.81. The summed E-state index contributed by atoms with van der Waals surface area (Å²) in [4.78, 5) is 11.6. The van der Waals surface area contributed by atoms with Crippen LogP contribution in [0.25, 0.3) is 0 Å². The maximum absolute atomic E-state index is 11.6. The number of carbonyl (C=O) groups is 1. The van der Waals surface area contributed by atoms with Crippen LogP contribution >= 0.6 is 0 Å². The molecule has 1 aromatic rings. The molecule has 0 spiro atoms. The Morgan fingerprint density at radius 3 is 3.19 bits per heavy atom. The Balaban J connectivity index is 1.67. The average Bonchev–Trinajstić information content (AvgIpc) is 2.81. The lowest BCUT2D eigenvalue weighted by Gasteiger charge is -2.21. The summed E-state index contributed by atoms with van der Waals surface area (Å²) in [5, 5.41) is 19.4. The first kappa shape index (κ1) is 11.0. The normalized spacial score (nSPS) is 20.6. The van der Waals surface area contributed by atoms with Crippen LogP contribution in [0.4, 0.5) is 0 Å². The van der Waals surface area contributed by atoms with Crippen molar-refractivity contribution in [3.63, 3.8) is 0 Å². The van der Waals surface area contributed by atoms with Gasteiger partial charge in [-0.25, -0.2) is 0 Å². The molecule has 7 nitrogen and oxygen atoms in total. The van der Waals surface area contributed by atoms with E-state index in [2.05, 4.69) is 31.3 Å². The molecule has 88 valence electrons. The van der Waals surface area contributed by atoms with Crippen LogP contribution in [0.3, 0.4) is 0 Å². The highest BCUT2D eigenvalue weighted by molar-refractivity contribution is 5.76. The topological polar surface area (TPSA) is 95.6 Å². The first-order valence-electron chi connectivity index (χ1n) is 5.54. The highest BCUT2D eigenvalue weighted by Crippen LogP contribution is 2.13. The van der Waals surface area contributed by atoms with Crippen LogP contribution in [-0.2, 0) is 11.3 Å². The van der Waals surface area contributed by atoms with Crippen molar-refractivity contribution in [2.75, 3.05) is 13.1 Å². The minimum Gasteiger partial charge on any atom is -0.349 e. The first-order valence-corrected chi connectivity index (χ1v) is 5.54. The van der Waals surface area contributed by atoms with Gasteiger partial charge in [-0.3, -0.25) is 4.79 Å². The third kappa shape index (κ3) is 3.27. The van der Waals surface area contributed by atoms with Crippen LogP contribution in [0.15, 0.2) is 0 Å². The molecule has 1 amide bonds. The van der Waals surface area contributed by atoms with Gasteiger partial charge in [-0.2, -0.15) is 5.21 Å². The number of amides is 1. The lowest BCUT2D eigenvalue weighted by Crippen LogP contribution is -2.34. The van der Waals surface area contributed by atoms with Gasteiger partial charge in [0.25, 0.3) is 0 Å². The highest BCUT2D eigenvalue weighted by atomic mass is 16.1. The number of H-pyrrole nitrogens is 1. The van der Waals surface area contributed by atoms with E-state index in [4.69, 9.17) is 0 Å². The van der Waals surface area contributed by atoms with E-state index in [-0.39, 0.29) is 5.91 Å². The molecule has 1 saturated heterocycles. The van der Waals surface area contributed by atoms with Crippen molar-refractivity contribution in [1.29, 1.82) is 0 Å². The number of aromatic amines is 1. The molecule has 1 unspecified atom stereocenters. The molecule has 1 fully saturated rings. The van der Waals surface area contributed by atoms with Crippen molar-refractivity contribution in [2.45, 2.75) is 25.8 Å². The zero-order chi connectivity index (χ0) is 11.2. The monoisotopic (exact) mass is 224 g/mol. The standard InChI is InChI=1S/C9H16N6O/c16-9(4-7-2-1-3-10-5-7)11-6-8-12-14-15-13-8/h7,10H,1-6H2,(H,11,16)(H,12,13,14,15). The number of aromatic nitrogens is 4. The summed E-state index contributed by atoms with van der Waals surface area (Å²) >= 11 is 0. The molecule has 0 saturated carbocycles. The summed E-state index contributed by atoms with van der Waals surface area (Å²) in [6, 6.07) is 0. The van der Waals surface area contributed by atoms with E-state index in [1.54, 1.807) is 0 Å². The molecule has 0 aromatic carbocycles. The summed E-state index contributed by atoms with van der Waals surface area (Å²) in [5.41, 5.74) is 0. The molecule has 2 heterocycles. The van der Waals surface area contributed by atoms with Crippen molar-refractivity contribution in [3.8, 4) is 0 Å². The van der Waals surface area contributed by atoms with Gasteiger partial charge in [-0.05, 0) is 31.8 Å². The smallest absolute Gasteiger partial charge is 0.220 e. The lowest BCUT2D eigenvalue weighted by atomic mass is 9.96. The van der Waals surface area contributed by atoms with Crippen LogP contribution in [0.1, 0.15) is 25.1 Å². The largest absolute Gasteiger partial charge is 0.349 e. The number of piperidine rings is 1. The molecule has 1 aromatic heterocycles. The molecular formula is C9H16N6O. The maximum atomic E-state index is 11.6.